The maximum absolute atomic E-state index is 12.8. The van der Waals surface area contributed by atoms with Gasteiger partial charge >= 0.3 is 5.97 Å². The van der Waals surface area contributed by atoms with Crippen molar-refractivity contribution in [1.82, 2.24) is 4.98 Å². The van der Waals surface area contributed by atoms with Gasteiger partial charge in [0.05, 0.1) is 24.0 Å². The van der Waals surface area contributed by atoms with E-state index in [1.54, 1.807) is 54.6 Å². The summed E-state index contributed by atoms with van der Waals surface area (Å²) in [5.41, 5.74) is 2.03. The molecule has 0 aliphatic rings. The van der Waals surface area contributed by atoms with Crippen LogP contribution in [0.1, 0.15) is 17.3 Å². The summed E-state index contributed by atoms with van der Waals surface area (Å²) in [4.78, 5) is 29.5. The summed E-state index contributed by atoms with van der Waals surface area (Å²) >= 11 is 0. The van der Waals surface area contributed by atoms with Crippen LogP contribution < -0.4 is 10.1 Å². The minimum absolute atomic E-state index is 0.311. The average Bonchev–Trinajstić information content (AvgIpc) is 3.33. The number of fused-ring (bicyclic) bond motifs is 1. The number of amides is 1. The van der Waals surface area contributed by atoms with E-state index in [1.807, 2.05) is 19.1 Å². The van der Waals surface area contributed by atoms with E-state index in [2.05, 4.69) is 10.3 Å². The molecule has 7 heteroatoms. The van der Waals surface area contributed by atoms with Crippen LogP contribution in [0.5, 0.6) is 5.75 Å². The Bertz CT molecular complexity index is 1200. The van der Waals surface area contributed by atoms with Crippen molar-refractivity contribution in [3.05, 3.63) is 78.6 Å². The normalized spacial score (nSPS) is 10.6. The fourth-order valence-corrected chi connectivity index (χ4v) is 3.10. The zero-order valence-electron chi connectivity index (χ0n) is 16.8. The fraction of sp³-hybridized carbons (Fsp3) is 0.125. The Labute approximate surface area is 178 Å². The van der Waals surface area contributed by atoms with Gasteiger partial charge in [-0.1, -0.05) is 18.2 Å². The van der Waals surface area contributed by atoms with Crippen LogP contribution in [0.3, 0.4) is 0 Å². The molecule has 2 aromatic carbocycles. The van der Waals surface area contributed by atoms with Gasteiger partial charge in [-0.05, 0) is 55.5 Å². The number of aromatic nitrogens is 1. The summed E-state index contributed by atoms with van der Waals surface area (Å²) in [6.45, 7) is 2.04. The molecule has 0 radical (unpaired) electrons. The Morgan fingerprint density at radius 1 is 1.03 bits per heavy atom. The number of nitrogens with zero attached hydrogens (tertiary/aromatic N) is 1. The van der Waals surface area contributed by atoms with E-state index in [0.29, 0.717) is 46.0 Å². The van der Waals surface area contributed by atoms with Crippen molar-refractivity contribution >= 4 is 28.5 Å². The molecule has 4 rings (SSSR count). The third-order valence-electron chi connectivity index (χ3n) is 4.49. The number of pyridine rings is 1. The molecule has 0 saturated carbocycles. The summed E-state index contributed by atoms with van der Waals surface area (Å²) < 4.78 is 16.0. The van der Waals surface area contributed by atoms with Gasteiger partial charge in [-0.2, -0.15) is 0 Å². The van der Waals surface area contributed by atoms with E-state index in [-0.39, 0.29) is 0 Å². The summed E-state index contributed by atoms with van der Waals surface area (Å²) in [5, 5.41) is 3.32. The van der Waals surface area contributed by atoms with E-state index in [9.17, 15) is 9.59 Å². The predicted octanol–water partition coefficient (Wildman–Crippen LogP) is 4.69. The molecular formula is C24H20N2O5. The quantitative estimate of drug-likeness (QED) is 0.440. The minimum Gasteiger partial charge on any atom is -0.494 e. The Kier molecular flexibility index (Phi) is 5.93. The first-order valence-corrected chi connectivity index (χ1v) is 9.77. The molecule has 4 aromatic rings. The highest BCUT2D eigenvalue weighted by Crippen LogP contribution is 2.25. The predicted molar refractivity (Wildman–Crippen MR) is 116 cm³/mol. The molecule has 0 bridgehead atoms. The second-order valence-electron chi connectivity index (χ2n) is 6.63. The zero-order chi connectivity index (χ0) is 21.6. The van der Waals surface area contributed by atoms with Gasteiger partial charge in [-0.3, -0.25) is 4.79 Å². The first-order chi connectivity index (χ1) is 15.1. The van der Waals surface area contributed by atoms with Crippen molar-refractivity contribution < 1.29 is 23.5 Å². The highest BCUT2D eigenvalue weighted by molar-refractivity contribution is 6.05. The van der Waals surface area contributed by atoms with Gasteiger partial charge in [-0.25, -0.2) is 9.78 Å². The van der Waals surface area contributed by atoms with Crippen LogP contribution >= 0.6 is 0 Å². The zero-order valence-corrected chi connectivity index (χ0v) is 16.8. The fourth-order valence-electron chi connectivity index (χ4n) is 3.10. The molecule has 2 aromatic heterocycles. The number of para-hydroxylation sites is 1. The highest BCUT2D eigenvalue weighted by atomic mass is 16.5. The SMILES string of the molecule is CCOc1ccc(NC(=O)COC(=O)c2cc(-c3ccco3)nc3ccccc23)cc1. The Balaban J connectivity index is 1.47. The van der Waals surface area contributed by atoms with Gasteiger partial charge in [0, 0.05) is 11.1 Å². The lowest BCUT2D eigenvalue weighted by Crippen LogP contribution is -2.21. The standard InChI is InChI=1S/C24H20N2O5/c1-2-29-17-11-9-16(10-12-17)25-23(27)15-31-24(28)19-14-21(22-8-5-13-30-22)26-20-7-4-3-6-18(19)20/h3-14H,2,15H2,1H3,(H,25,27). The maximum atomic E-state index is 12.8. The van der Waals surface area contributed by atoms with Crippen LogP contribution in [0.2, 0.25) is 0 Å². The number of ether oxygens (including phenoxy) is 2. The Morgan fingerprint density at radius 2 is 1.84 bits per heavy atom. The molecule has 1 N–H and O–H groups in total. The minimum atomic E-state index is -0.617. The summed E-state index contributed by atoms with van der Waals surface area (Å²) in [7, 11) is 0. The Morgan fingerprint density at radius 3 is 2.58 bits per heavy atom. The largest absolute Gasteiger partial charge is 0.494 e. The molecule has 31 heavy (non-hydrogen) atoms. The van der Waals surface area contributed by atoms with Gasteiger partial charge in [-0.15, -0.1) is 0 Å². The van der Waals surface area contributed by atoms with Crippen molar-refractivity contribution in [2.45, 2.75) is 6.92 Å². The number of esters is 1. The summed E-state index contributed by atoms with van der Waals surface area (Å²) in [6, 6.07) is 19.3. The van der Waals surface area contributed by atoms with E-state index < -0.39 is 18.5 Å². The molecule has 0 unspecified atom stereocenters. The van der Waals surface area contributed by atoms with Crippen molar-refractivity contribution in [1.29, 1.82) is 0 Å². The van der Waals surface area contributed by atoms with Gasteiger partial charge in [0.15, 0.2) is 12.4 Å². The number of furan rings is 1. The first kappa shape index (κ1) is 20.2. The van der Waals surface area contributed by atoms with Crippen LogP contribution in [-0.4, -0.2) is 30.1 Å². The number of carbonyl (C=O) groups excluding carboxylic acids is 2. The van der Waals surface area contributed by atoms with Gasteiger partial charge in [0.25, 0.3) is 5.91 Å². The van der Waals surface area contributed by atoms with Crippen molar-refractivity contribution in [3.63, 3.8) is 0 Å². The van der Waals surface area contributed by atoms with Crippen LogP contribution in [-0.2, 0) is 9.53 Å². The van der Waals surface area contributed by atoms with Crippen LogP contribution in [0.15, 0.2) is 77.4 Å². The van der Waals surface area contributed by atoms with E-state index in [1.165, 1.54) is 6.26 Å². The lowest BCUT2D eigenvalue weighted by molar-refractivity contribution is -0.119. The average molecular weight is 416 g/mol. The number of nitrogens with one attached hydrogen (secondary N) is 1. The number of anilines is 1. The topological polar surface area (TPSA) is 90.7 Å². The van der Waals surface area contributed by atoms with E-state index >= 15 is 0 Å². The highest BCUT2D eigenvalue weighted by Gasteiger charge is 2.17. The molecule has 0 fully saturated rings. The summed E-state index contributed by atoms with van der Waals surface area (Å²) in [6.07, 6.45) is 1.54. The van der Waals surface area contributed by atoms with Gasteiger partial charge in [0.1, 0.15) is 11.4 Å². The van der Waals surface area contributed by atoms with Gasteiger partial charge < -0.3 is 19.2 Å². The molecule has 0 aliphatic carbocycles. The number of rotatable bonds is 7. The molecular weight excluding hydrogens is 396 g/mol. The molecule has 0 aliphatic heterocycles. The molecule has 0 atom stereocenters. The molecule has 0 spiro atoms. The number of hydrogen-bond acceptors (Lipinski definition) is 6. The third kappa shape index (κ3) is 4.72. The van der Waals surface area contributed by atoms with Crippen LogP contribution in [0.25, 0.3) is 22.4 Å². The Hall–Kier alpha value is -4.13. The molecule has 156 valence electrons. The van der Waals surface area contributed by atoms with Crippen LogP contribution in [0, 0.1) is 0 Å². The van der Waals surface area contributed by atoms with Gasteiger partial charge in [0.2, 0.25) is 0 Å². The molecule has 7 nitrogen and oxygen atoms in total. The monoisotopic (exact) mass is 416 g/mol. The number of hydrogen-bond donors (Lipinski definition) is 1. The maximum Gasteiger partial charge on any atom is 0.339 e. The lowest BCUT2D eigenvalue weighted by Gasteiger charge is -2.10. The number of carbonyl (C=O) groups is 2. The smallest absolute Gasteiger partial charge is 0.339 e. The van der Waals surface area contributed by atoms with E-state index in [0.717, 1.165) is 0 Å². The van der Waals surface area contributed by atoms with Crippen molar-refractivity contribution in [2.24, 2.45) is 0 Å². The van der Waals surface area contributed by atoms with E-state index in [4.69, 9.17) is 13.9 Å². The van der Waals surface area contributed by atoms with Crippen molar-refractivity contribution in [3.8, 4) is 17.2 Å². The molecule has 1 amide bonds. The van der Waals surface area contributed by atoms with Crippen molar-refractivity contribution in [2.75, 3.05) is 18.5 Å². The van der Waals surface area contributed by atoms with Crippen LogP contribution in [0.4, 0.5) is 5.69 Å². The second kappa shape index (κ2) is 9.13. The third-order valence-corrected chi connectivity index (χ3v) is 4.49. The molecule has 2 heterocycles. The summed E-state index contributed by atoms with van der Waals surface area (Å²) in [5.74, 6) is 0.187. The number of benzene rings is 2. The molecule has 0 saturated heterocycles. The first-order valence-electron chi connectivity index (χ1n) is 9.77. The lowest BCUT2D eigenvalue weighted by atomic mass is 10.1. The second-order valence-corrected chi connectivity index (χ2v) is 6.63.